The van der Waals surface area contributed by atoms with Crippen LogP contribution in [-0.4, -0.2) is 25.0 Å². The molecule has 1 heterocycles. The maximum atomic E-state index is 13.0. The molecule has 1 fully saturated rings. The molecule has 0 saturated heterocycles. The summed E-state index contributed by atoms with van der Waals surface area (Å²) < 4.78 is 67.9. The van der Waals surface area contributed by atoms with Crippen LogP contribution in [0.3, 0.4) is 0 Å². The Morgan fingerprint density at radius 3 is 2.57 bits per heavy atom. The van der Waals surface area contributed by atoms with Gasteiger partial charge in [0.15, 0.2) is 0 Å². The average Bonchev–Trinajstić information content (AvgIpc) is 3.45. The summed E-state index contributed by atoms with van der Waals surface area (Å²) in [5.74, 6) is 0. The zero-order valence-electron chi connectivity index (χ0n) is 15.9. The fraction of sp³-hybridized carbons (Fsp3) is 0.250. The Morgan fingerprint density at radius 2 is 1.90 bits per heavy atom. The lowest BCUT2D eigenvalue weighted by atomic mass is 10.1. The molecule has 10 heteroatoms. The van der Waals surface area contributed by atoms with Crippen molar-refractivity contribution in [2.45, 2.75) is 30.0 Å². The van der Waals surface area contributed by atoms with E-state index in [0.29, 0.717) is 23.0 Å². The van der Waals surface area contributed by atoms with Crippen molar-refractivity contribution >= 4 is 21.4 Å². The third-order valence-electron chi connectivity index (χ3n) is 4.88. The van der Waals surface area contributed by atoms with Crippen LogP contribution >= 0.6 is 0 Å². The van der Waals surface area contributed by atoms with Crippen molar-refractivity contribution in [1.29, 1.82) is 0 Å². The second kappa shape index (κ2) is 7.44. The molecule has 1 aliphatic carbocycles. The number of anilines is 2. The summed E-state index contributed by atoms with van der Waals surface area (Å²) in [6.45, 7) is 0. The first kappa shape index (κ1) is 20.4. The van der Waals surface area contributed by atoms with Gasteiger partial charge in [-0.25, -0.2) is 18.1 Å². The van der Waals surface area contributed by atoms with Gasteiger partial charge in [0.25, 0.3) is 0 Å². The molecule has 2 N–H and O–H groups in total. The standard InChI is InChI=1S/C20H19F3N4O2S/c1-24-30(28,29)16-7-8-18(26-14-4-2-3-13(9-14)20(21,22)23)17(10-16)19-11-27(12-25-19)15-5-6-15/h2-4,7-12,15,24,26H,5-6H2,1H3. The minimum atomic E-state index is -4.46. The van der Waals surface area contributed by atoms with E-state index in [1.54, 1.807) is 6.33 Å². The quantitative estimate of drug-likeness (QED) is 0.594. The van der Waals surface area contributed by atoms with E-state index in [9.17, 15) is 21.6 Å². The topological polar surface area (TPSA) is 76.0 Å². The van der Waals surface area contributed by atoms with Crippen LogP contribution in [0.5, 0.6) is 0 Å². The number of imidazole rings is 1. The number of alkyl halides is 3. The van der Waals surface area contributed by atoms with Crippen molar-refractivity contribution in [1.82, 2.24) is 14.3 Å². The van der Waals surface area contributed by atoms with Gasteiger partial charge in [0.2, 0.25) is 10.0 Å². The summed E-state index contributed by atoms with van der Waals surface area (Å²) in [6, 6.07) is 9.58. The molecule has 3 aromatic rings. The van der Waals surface area contributed by atoms with Crippen molar-refractivity contribution in [3.63, 3.8) is 0 Å². The van der Waals surface area contributed by atoms with Crippen molar-refractivity contribution in [3.8, 4) is 11.3 Å². The van der Waals surface area contributed by atoms with Crippen LogP contribution in [0.2, 0.25) is 0 Å². The Morgan fingerprint density at radius 1 is 1.13 bits per heavy atom. The van der Waals surface area contributed by atoms with E-state index in [2.05, 4.69) is 15.0 Å². The number of benzene rings is 2. The van der Waals surface area contributed by atoms with Gasteiger partial charge in [-0.15, -0.1) is 0 Å². The molecule has 0 unspecified atom stereocenters. The second-order valence-electron chi connectivity index (χ2n) is 7.06. The van der Waals surface area contributed by atoms with Crippen LogP contribution in [-0.2, 0) is 16.2 Å². The molecule has 0 amide bonds. The first-order valence-corrected chi connectivity index (χ1v) is 10.7. The number of nitrogens with one attached hydrogen (secondary N) is 2. The van der Waals surface area contributed by atoms with Crippen LogP contribution in [0.25, 0.3) is 11.3 Å². The molecule has 0 aliphatic heterocycles. The molecule has 1 aromatic heterocycles. The Labute approximate surface area is 171 Å². The molecule has 6 nitrogen and oxygen atoms in total. The van der Waals surface area contributed by atoms with Crippen LogP contribution < -0.4 is 10.0 Å². The van der Waals surface area contributed by atoms with Crippen molar-refractivity contribution in [2.75, 3.05) is 12.4 Å². The normalized spacial score (nSPS) is 14.7. The van der Waals surface area contributed by atoms with E-state index in [-0.39, 0.29) is 10.6 Å². The fourth-order valence-corrected chi connectivity index (χ4v) is 3.86. The lowest BCUT2D eigenvalue weighted by Gasteiger charge is -2.14. The Bertz CT molecular complexity index is 1180. The van der Waals surface area contributed by atoms with Gasteiger partial charge in [-0.05, 0) is 56.3 Å². The van der Waals surface area contributed by atoms with E-state index in [1.165, 1.54) is 37.4 Å². The van der Waals surface area contributed by atoms with Gasteiger partial charge in [-0.3, -0.25) is 0 Å². The van der Waals surface area contributed by atoms with Crippen LogP contribution in [0.15, 0.2) is 59.9 Å². The van der Waals surface area contributed by atoms with Crippen molar-refractivity contribution in [2.24, 2.45) is 0 Å². The average molecular weight is 436 g/mol. The fourth-order valence-electron chi connectivity index (χ4n) is 3.11. The highest BCUT2D eigenvalue weighted by molar-refractivity contribution is 7.89. The summed E-state index contributed by atoms with van der Waals surface area (Å²) in [5, 5.41) is 2.97. The zero-order chi connectivity index (χ0) is 21.5. The highest BCUT2D eigenvalue weighted by atomic mass is 32.2. The van der Waals surface area contributed by atoms with Gasteiger partial charge in [0, 0.05) is 29.2 Å². The monoisotopic (exact) mass is 436 g/mol. The Balaban J connectivity index is 1.77. The van der Waals surface area contributed by atoms with Gasteiger partial charge in [-0.2, -0.15) is 13.2 Å². The molecule has 1 aliphatic rings. The maximum Gasteiger partial charge on any atom is 0.416 e. The minimum Gasteiger partial charge on any atom is -0.355 e. The van der Waals surface area contributed by atoms with Crippen LogP contribution in [0.1, 0.15) is 24.4 Å². The van der Waals surface area contributed by atoms with Gasteiger partial charge in [-0.1, -0.05) is 6.07 Å². The third-order valence-corrected chi connectivity index (χ3v) is 6.30. The highest BCUT2D eigenvalue weighted by Gasteiger charge is 2.30. The molecule has 0 radical (unpaired) electrons. The molecule has 158 valence electrons. The summed E-state index contributed by atoms with van der Waals surface area (Å²) >= 11 is 0. The number of nitrogens with zero attached hydrogens (tertiary/aromatic N) is 2. The summed E-state index contributed by atoms with van der Waals surface area (Å²) in [4.78, 5) is 4.42. The van der Waals surface area contributed by atoms with Crippen LogP contribution in [0.4, 0.5) is 24.5 Å². The summed E-state index contributed by atoms with van der Waals surface area (Å²) in [5.41, 5.74) is 0.913. The molecular formula is C20H19F3N4O2S. The number of rotatable bonds is 6. The van der Waals surface area contributed by atoms with Crippen LogP contribution in [0, 0.1) is 0 Å². The van der Waals surface area contributed by atoms with Gasteiger partial charge in [0.1, 0.15) is 0 Å². The van der Waals surface area contributed by atoms with E-state index >= 15 is 0 Å². The summed E-state index contributed by atoms with van der Waals surface area (Å²) in [7, 11) is -2.39. The minimum absolute atomic E-state index is 0.0376. The second-order valence-corrected chi connectivity index (χ2v) is 8.94. The van der Waals surface area contributed by atoms with Gasteiger partial charge < -0.3 is 9.88 Å². The van der Waals surface area contributed by atoms with Gasteiger partial charge >= 0.3 is 6.18 Å². The zero-order valence-corrected chi connectivity index (χ0v) is 16.8. The lowest BCUT2D eigenvalue weighted by Crippen LogP contribution is -2.18. The van der Waals surface area contributed by atoms with Gasteiger partial charge in [0.05, 0.1) is 22.5 Å². The molecule has 0 spiro atoms. The van der Waals surface area contributed by atoms with E-state index in [1.807, 2.05) is 10.8 Å². The largest absolute Gasteiger partial charge is 0.416 e. The first-order valence-electron chi connectivity index (χ1n) is 9.23. The predicted octanol–water partition coefficient (Wildman–Crippen LogP) is 4.56. The number of hydrogen-bond donors (Lipinski definition) is 2. The maximum absolute atomic E-state index is 13.0. The van der Waals surface area contributed by atoms with Crippen molar-refractivity contribution in [3.05, 3.63) is 60.6 Å². The number of halogens is 3. The highest BCUT2D eigenvalue weighted by Crippen LogP contribution is 2.38. The molecular weight excluding hydrogens is 417 g/mol. The van der Waals surface area contributed by atoms with Crippen molar-refractivity contribution < 1.29 is 21.6 Å². The van der Waals surface area contributed by atoms with E-state index < -0.39 is 21.8 Å². The molecule has 2 aromatic carbocycles. The number of sulfonamides is 1. The number of hydrogen-bond acceptors (Lipinski definition) is 4. The smallest absolute Gasteiger partial charge is 0.355 e. The number of aromatic nitrogens is 2. The molecule has 30 heavy (non-hydrogen) atoms. The molecule has 4 rings (SSSR count). The summed E-state index contributed by atoms with van der Waals surface area (Å²) in [6.07, 6.45) is 1.15. The molecule has 1 saturated carbocycles. The Hall–Kier alpha value is -2.85. The molecule has 0 bridgehead atoms. The lowest BCUT2D eigenvalue weighted by molar-refractivity contribution is -0.137. The van der Waals surface area contributed by atoms with E-state index in [4.69, 9.17) is 0 Å². The predicted molar refractivity (Wildman–Crippen MR) is 107 cm³/mol. The Kier molecular flexibility index (Phi) is 5.07. The molecule has 0 atom stereocenters. The third kappa shape index (κ3) is 4.19. The van der Waals surface area contributed by atoms with E-state index in [0.717, 1.165) is 25.0 Å². The first-order chi connectivity index (χ1) is 14.2. The SMILES string of the molecule is CNS(=O)(=O)c1ccc(Nc2cccc(C(F)(F)F)c2)c(-c2cn(C3CC3)cn2)c1.